The second-order valence-corrected chi connectivity index (χ2v) is 7.41. The normalized spacial score (nSPS) is 20.1. The fraction of sp³-hybridized carbons (Fsp3) is 0.688. The molecular weight excluding hydrogens is 282 g/mol. The van der Waals surface area contributed by atoms with E-state index in [9.17, 15) is 4.79 Å². The summed E-state index contributed by atoms with van der Waals surface area (Å²) >= 11 is 1.85. The molecule has 0 unspecified atom stereocenters. The molecule has 1 aromatic heterocycles. The second-order valence-electron chi connectivity index (χ2n) is 6.07. The van der Waals surface area contributed by atoms with E-state index in [-0.39, 0.29) is 0 Å². The largest absolute Gasteiger partial charge is 0.337 e. The summed E-state index contributed by atoms with van der Waals surface area (Å²) in [6.45, 7) is 9.14. The van der Waals surface area contributed by atoms with Crippen LogP contribution in [0.15, 0.2) is 6.07 Å². The van der Waals surface area contributed by atoms with Crippen molar-refractivity contribution in [1.82, 2.24) is 15.1 Å². The standard InChI is InChI=1S/C16H25N3OS/c1-13-11-14-3-9-19(12-15(14)21-13)16(20)4-8-18-7-2-5-17-6-10-18/h11,17H,2-10,12H2,1H3. The minimum atomic E-state index is 0.323. The van der Waals surface area contributed by atoms with Gasteiger partial charge in [-0.25, -0.2) is 0 Å². The molecule has 0 spiro atoms. The Balaban J connectivity index is 1.49. The van der Waals surface area contributed by atoms with E-state index in [0.717, 1.165) is 52.2 Å². The van der Waals surface area contributed by atoms with Gasteiger partial charge in [0, 0.05) is 42.4 Å². The van der Waals surface area contributed by atoms with Crippen LogP contribution in [0, 0.1) is 6.92 Å². The number of nitrogens with zero attached hydrogens (tertiary/aromatic N) is 2. The summed E-state index contributed by atoms with van der Waals surface area (Å²) < 4.78 is 0. The van der Waals surface area contributed by atoms with E-state index >= 15 is 0 Å². The molecule has 0 saturated carbocycles. The van der Waals surface area contributed by atoms with Gasteiger partial charge in [-0.3, -0.25) is 4.79 Å². The summed E-state index contributed by atoms with van der Waals surface area (Å²) in [5.74, 6) is 0.323. The summed E-state index contributed by atoms with van der Waals surface area (Å²) in [6.07, 6.45) is 2.88. The van der Waals surface area contributed by atoms with E-state index in [1.807, 2.05) is 16.2 Å². The minimum absolute atomic E-state index is 0.323. The smallest absolute Gasteiger partial charge is 0.224 e. The molecule has 0 bridgehead atoms. The molecule has 3 rings (SSSR count). The molecule has 0 aliphatic carbocycles. The van der Waals surface area contributed by atoms with Crippen LogP contribution in [0.25, 0.3) is 0 Å². The molecule has 4 nitrogen and oxygen atoms in total. The number of carbonyl (C=O) groups excluding carboxylic acids is 1. The van der Waals surface area contributed by atoms with E-state index in [0.29, 0.717) is 12.3 Å². The Morgan fingerprint density at radius 1 is 1.33 bits per heavy atom. The number of fused-ring (bicyclic) bond motifs is 1. The molecule has 5 heteroatoms. The van der Waals surface area contributed by atoms with Crippen LogP contribution < -0.4 is 5.32 Å². The van der Waals surface area contributed by atoms with Gasteiger partial charge in [-0.1, -0.05) is 0 Å². The van der Waals surface area contributed by atoms with Crippen molar-refractivity contribution >= 4 is 17.2 Å². The first-order valence-corrected chi connectivity index (χ1v) is 8.83. The average molecular weight is 307 g/mol. The number of nitrogens with one attached hydrogen (secondary N) is 1. The lowest BCUT2D eigenvalue weighted by molar-refractivity contribution is -0.132. The van der Waals surface area contributed by atoms with Gasteiger partial charge in [-0.15, -0.1) is 11.3 Å². The molecule has 1 fully saturated rings. The van der Waals surface area contributed by atoms with Crippen LogP contribution in [0.1, 0.15) is 28.2 Å². The van der Waals surface area contributed by atoms with Crippen molar-refractivity contribution in [1.29, 1.82) is 0 Å². The van der Waals surface area contributed by atoms with Crippen molar-refractivity contribution < 1.29 is 4.79 Å². The Labute approximate surface area is 131 Å². The number of hydrogen-bond acceptors (Lipinski definition) is 4. The first-order valence-electron chi connectivity index (χ1n) is 8.01. The van der Waals surface area contributed by atoms with E-state index in [1.165, 1.54) is 21.7 Å². The Hall–Kier alpha value is -0.910. The van der Waals surface area contributed by atoms with Crippen LogP contribution in [-0.2, 0) is 17.8 Å². The van der Waals surface area contributed by atoms with E-state index < -0.39 is 0 Å². The Morgan fingerprint density at radius 2 is 2.24 bits per heavy atom. The molecule has 2 aliphatic rings. The molecule has 0 aromatic carbocycles. The van der Waals surface area contributed by atoms with Gasteiger partial charge in [-0.2, -0.15) is 0 Å². The number of aryl methyl sites for hydroxylation is 1. The molecule has 1 aromatic rings. The van der Waals surface area contributed by atoms with Crippen LogP contribution in [0.3, 0.4) is 0 Å². The average Bonchev–Trinajstić information content (AvgIpc) is 2.69. The van der Waals surface area contributed by atoms with Gasteiger partial charge in [-0.05, 0) is 44.5 Å². The number of thiophene rings is 1. The van der Waals surface area contributed by atoms with Gasteiger partial charge in [0.15, 0.2) is 0 Å². The highest BCUT2D eigenvalue weighted by Crippen LogP contribution is 2.27. The van der Waals surface area contributed by atoms with Gasteiger partial charge in [0.05, 0.1) is 6.54 Å². The summed E-state index contributed by atoms with van der Waals surface area (Å²) in [5.41, 5.74) is 1.46. The Morgan fingerprint density at radius 3 is 3.14 bits per heavy atom. The monoisotopic (exact) mass is 307 g/mol. The maximum Gasteiger partial charge on any atom is 0.224 e. The Bertz CT molecular complexity index is 492. The summed E-state index contributed by atoms with van der Waals surface area (Å²) in [5, 5.41) is 3.41. The molecule has 2 aliphatic heterocycles. The zero-order valence-corrected chi connectivity index (χ0v) is 13.7. The van der Waals surface area contributed by atoms with E-state index in [4.69, 9.17) is 0 Å². The quantitative estimate of drug-likeness (QED) is 0.922. The highest BCUT2D eigenvalue weighted by Gasteiger charge is 2.22. The van der Waals surface area contributed by atoms with Crippen molar-refractivity contribution in [2.24, 2.45) is 0 Å². The van der Waals surface area contributed by atoms with Crippen molar-refractivity contribution in [2.45, 2.75) is 32.7 Å². The SMILES string of the molecule is Cc1cc2c(s1)CN(C(=O)CCN1CCCNCC1)CC2. The number of rotatable bonds is 3. The summed E-state index contributed by atoms with van der Waals surface area (Å²) in [4.78, 5) is 19.7. The topological polar surface area (TPSA) is 35.6 Å². The third-order valence-corrected chi connectivity index (χ3v) is 5.51. The van der Waals surface area contributed by atoms with Gasteiger partial charge < -0.3 is 15.1 Å². The van der Waals surface area contributed by atoms with Gasteiger partial charge in [0.1, 0.15) is 0 Å². The molecule has 3 heterocycles. The van der Waals surface area contributed by atoms with Crippen LogP contribution in [0.4, 0.5) is 0 Å². The third-order valence-electron chi connectivity index (χ3n) is 4.43. The van der Waals surface area contributed by atoms with Gasteiger partial charge in [0.25, 0.3) is 0 Å². The van der Waals surface area contributed by atoms with Gasteiger partial charge >= 0.3 is 0 Å². The fourth-order valence-corrected chi connectivity index (χ4v) is 4.32. The maximum atomic E-state index is 12.4. The summed E-state index contributed by atoms with van der Waals surface area (Å²) in [7, 11) is 0. The number of hydrogen-bond donors (Lipinski definition) is 1. The van der Waals surface area contributed by atoms with Crippen molar-refractivity contribution in [3.8, 4) is 0 Å². The summed E-state index contributed by atoms with van der Waals surface area (Å²) in [6, 6.07) is 2.28. The molecule has 1 saturated heterocycles. The zero-order chi connectivity index (χ0) is 14.7. The molecule has 1 N–H and O–H groups in total. The molecular formula is C16H25N3OS. The second kappa shape index (κ2) is 6.90. The van der Waals surface area contributed by atoms with Crippen molar-refractivity contribution in [2.75, 3.05) is 39.3 Å². The Kier molecular flexibility index (Phi) is 4.93. The highest BCUT2D eigenvalue weighted by atomic mass is 32.1. The number of carbonyl (C=O) groups is 1. The maximum absolute atomic E-state index is 12.4. The van der Waals surface area contributed by atoms with E-state index in [1.54, 1.807) is 0 Å². The van der Waals surface area contributed by atoms with E-state index in [2.05, 4.69) is 23.2 Å². The molecule has 21 heavy (non-hydrogen) atoms. The van der Waals surface area contributed by atoms with Crippen molar-refractivity contribution in [3.63, 3.8) is 0 Å². The lowest BCUT2D eigenvalue weighted by Gasteiger charge is -2.28. The molecule has 0 atom stereocenters. The van der Waals surface area contributed by atoms with Crippen LogP contribution in [0.5, 0.6) is 0 Å². The first kappa shape index (κ1) is 15.0. The predicted octanol–water partition coefficient (Wildman–Crippen LogP) is 1.63. The zero-order valence-electron chi connectivity index (χ0n) is 12.9. The molecule has 116 valence electrons. The third kappa shape index (κ3) is 3.84. The predicted molar refractivity (Wildman–Crippen MR) is 86.7 cm³/mol. The first-order chi connectivity index (χ1) is 10.2. The van der Waals surface area contributed by atoms with Crippen LogP contribution >= 0.6 is 11.3 Å². The number of amides is 1. The minimum Gasteiger partial charge on any atom is -0.337 e. The van der Waals surface area contributed by atoms with Crippen LogP contribution in [0.2, 0.25) is 0 Å². The van der Waals surface area contributed by atoms with Gasteiger partial charge in [0.2, 0.25) is 5.91 Å². The highest BCUT2D eigenvalue weighted by molar-refractivity contribution is 7.12. The molecule has 0 radical (unpaired) electrons. The van der Waals surface area contributed by atoms with Crippen molar-refractivity contribution in [3.05, 3.63) is 21.4 Å². The van der Waals surface area contributed by atoms with Crippen LogP contribution in [-0.4, -0.2) is 55.0 Å². The fourth-order valence-electron chi connectivity index (χ4n) is 3.22. The lowest BCUT2D eigenvalue weighted by atomic mass is 10.1. The molecule has 1 amide bonds. The lowest BCUT2D eigenvalue weighted by Crippen LogP contribution is -2.38.